The first-order valence-electron chi connectivity index (χ1n) is 9.95. The lowest BCUT2D eigenvalue weighted by atomic mass is 10.2. The van der Waals surface area contributed by atoms with Gasteiger partial charge < -0.3 is 5.32 Å². The summed E-state index contributed by atoms with van der Waals surface area (Å²) in [5, 5.41) is 2.74. The average molecular weight is 497 g/mol. The average Bonchev–Trinajstić information content (AvgIpc) is 3.37. The monoisotopic (exact) mass is 496 g/mol. The van der Waals surface area contributed by atoms with E-state index in [1.807, 2.05) is 0 Å². The van der Waals surface area contributed by atoms with E-state index in [4.69, 9.17) is 11.6 Å². The molecule has 0 radical (unpaired) electrons. The molecule has 9 nitrogen and oxygen atoms in total. The van der Waals surface area contributed by atoms with Crippen molar-refractivity contribution in [2.45, 2.75) is 29.1 Å². The predicted octanol–water partition coefficient (Wildman–Crippen LogP) is 2.19. The van der Waals surface area contributed by atoms with E-state index in [0.717, 1.165) is 12.8 Å². The summed E-state index contributed by atoms with van der Waals surface area (Å²) in [7, 11) is -7.37. The number of carbonyl (C=O) groups is 1. The van der Waals surface area contributed by atoms with Crippen LogP contribution in [-0.4, -0.2) is 52.5 Å². The van der Waals surface area contributed by atoms with E-state index < -0.39 is 26.0 Å². The fourth-order valence-corrected chi connectivity index (χ4v) is 6.86. The molecule has 0 bridgehead atoms. The summed E-state index contributed by atoms with van der Waals surface area (Å²) in [6.45, 7) is 0.940. The van der Waals surface area contributed by atoms with Crippen LogP contribution in [0.3, 0.4) is 0 Å². The lowest BCUT2D eigenvalue weighted by molar-refractivity contribution is -0.116. The fraction of sp³-hybridized carbons (Fsp3) is 0.300. The van der Waals surface area contributed by atoms with Gasteiger partial charge in [-0.25, -0.2) is 16.8 Å². The van der Waals surface area contributed by atoms with Crippen LogP contribution in [0.1, 0.15) is 24.8 Å². The zero-order chi connectivity index (χ0) is 22.9. The highest BCUT2D eigenvalue weighted by molar-refractivity contribution is 7.90. The van der Waals surface area contributed by atoms with E-state index in [1.54, 1.807) is 18.2 Å². The van der Waals surface area contributed by atoms with E-state index in [9.17, 15) is 21.6 Å². The van der Waals surface area contributed by atoms with Gasteiger partial charge in [0.2, 0.25) is 15.9 Å². The molecule has 12 heteroatoms. The van der Waals surface area contributed by atoms with Crippen LogP contribution in [-0.2, 0) is 24.8 Å². The van der Waals surface area contributed by atoms with Crippen molar-refractivity contribution in [2.24, 2.45) is 4.99 Å². The lowest BCUT2D eigenvalue weighted by Gasteiger charge is -2.17. The molecule has 2 heterocycles. The summed E-state index contributed by atoms with van der Waals surface area (Å²) in [6.07, 6.45) is 1.58. The van der Waals surface area contributed by atoms with Crippen LogP contribution in [0.5, 0.6) is 0 Å². The van der Waals surface area contributed by atoms with Crippen LogP contribution in [0, 0.1) is 0 Å². The molecule has 1 amide bonds. The van der Waals surface area contributed by atoms with Gasteiger partial charge >= 0.3 is 0 Å². The number of halogens is 1. The molecule has 2 aliphatic heterocycles. The topological polar surface area (TPSA) is 125 Å². The molecule has 0 saturated carbocycles. The Balaban J connectivity index is 1.43. The molecule has 1 saturated heterocycles. The Hall–Kier alpha value is -2.47. The molecule has 2 N–H and O–H groups in total. The first-order chi connectivity index (χ1) is 15.2. The van der Waals surface area contributed by atoms with E-state index in [1.165, 1.54) is 28.6 Å². The zero-order valence-corrected chi connectivity index (χ0v) is 19.3. The quantitative estimate of drug-likeness (QED) is 0.634. The number of anilines is 1. The standard InChI is InChI=1S/C20H21ClN4O5S2/c21-16-8-7-14(13-18(16)32(29,30)25-11-3-4-12-25)23-19(26)9-10-22-20-15-5-1-2-6-17(15)31(27,28)24-20/h1-2,5-8,13H,3-4,9-12H2,(H,22,24)(H,23,26). The molecule has 1 fully saturated rings. The van der Waals surface area contributed by atoms with Gasteiger partial charge in [-0.2, -0.15) is 4.31 Å². The van der Waals surface area contributed by atoms with Gasteiger partial charge in [0, 0.05) is 30.8 Å². The van der Waals surface area contributed by atoms with Gasteiger partial charge in [-0.05, 0) is 43.2 Å². The maximum atomic E-state index is 12.8. The Kier molecular flexibility index (Phi) is 6.26. The molecule has 0 aliphatic carbocycles. The maximum Gasteiger partial charge on any atom is 0.263 e. The van der Waals surface area contributed by atoms with Gasteiger partial charge in [-0.3, -0.25) is 14.5 Å². The number of nitrogens with zero attached hydrogens (tertiary/aromatic N) is 2. The number of amides is 1. The smallest absolute Gasteiger partial charge is 0.263 e. The third-order valence-corrected chi connectivity index (χ3v) is 8.95. The highest BCUT2D eigenvalue weighted by atomic mass is 35.5. The lowest BCUT2D eigenvalue weighted by Crippen LogP contribution is -2.28. The second-order valence-corrected chi connectivity index (χ2v) is 11.4. The van der Waals surface area contributed by atoms with Gasteiger partial charge in [-0.15, -0.1) is 0 Å². The van der Waals surface area contributed by atoms with E-state index >= 15 is 0 Å². The second-order valence-electron chi connectivity index (χ2n) is 7.39. The number of fused-ring (bicyclic) bond motifs is 1. The predicted molar refractivity (Wildman–Crippen MR) is 121 cm³/mol. The van der Waals surface area contributed by atoms with E-state index in [2.05, 4.69) is 15.0 Å². The molecule has 0 atom stereocenters. The number of benzene rings is 2. The molecular formula is C20H21ClN4O5S2. The van der Waals surface area contributed by atoms with E-state index in [0.29, 0.717) is 24.3 Å². The van der Waals surface area contributed by atoms with Gasteiger partial charge in [0.05, 0.1) is 16.5 Å². The van der Waals surface area contributed by atoms with Crippen LogP contribution in [0.15, 0.2) is 57.2 Å². The van der Waals surface area contributed by atoms with Gasteiger partial charge in [-0.1, -0.05) is 23.7 Å². The Morgan fingerprint density at radius 1 is 1.16 bits per heavy atom. The highest BCUT2D eigenvalue weighted by Gasteiger charge is 2.30. The molecular weight excluding hydrogens is 476 g/mol. The van der Waals surface area contributed by atoms with Gasteiger partial charge in [0.1, 0.15) is 10.7 Å². The minimum absolute atomic E-state index is 0.0236. The summed E-state index contributed by atoms with van der Waals surface area (Å²) in [5.74, 6) is -0.200. The summed E-state index contributed by atoms with van der Waals surface area (Å²) in [5.41, 5.74) is 0.763. The Morgan fingerprint density at radius 2 is 1.88 bits per heavy atom. The van der Waals surface area contributed by atoms with Crippen LogP contribution in [0.25, 0.3) is 0 Å². The number of amidine groups is 1. The number of nitrogens with one attached hydrogen (secondary N) is 2. The summed E-state index contributed by atoms with van der Waals surface area (Å²) >= 11 is 6.12. The van der Waals surface area contributed by atoms with Crippen LogP contribution >= 0.6 is 11.6 Å². The molecule has 32 heavy (non-hydrogen) atoms. The van der Waals surface area contributed by atoms with Gasteiger partial charge in [0.15, 0.2) is 0 Å². The number of sulfonamides is 2. The normalized spacial score (nSPS) is 19.0. The Labute approximate surface area is 191 Å². The molecule has 0 aromatic heterocycles. The summed E-state index contributed by atoms with van der Waals surface area (Å²) in [4.78, 5) is 16.7. The molecule has 170 valence electrons. The van der Waals surface area contributed by atoms with Crippen molar-refractivity contribution >= 4 is 49.1 Å². The number of hydrogen-bond donors (Lipinski definition) is 2. The Morgan fingerprint density at radius 3 is 2.62 bits per heavy atom. The van der Waals surface area contributed by atoms with Gasteiger partial charge in [0.25, 0.3) is 10.0 Å². The SMILES string of the molecule is O=C(CCN=C1NS(=O)(=O)c2ccccc21)Nc1ccc(Cl)c(S(=O)(=O)N2CCCC2)c1. The maximum absolute atomic E-state index is 12.8. The van der Waals surface area contributed by atoms with Crippen molar-refractivity contribution in [3.05, 3.63) is 53.1 Å². The van der Waals surface area contributed by atoms with Crippen LogP contribution < -0.4 is 10.0 Å². The molecule has 0 unspecified atom stereocenters. The zero-order valence-electron chi connectivity index (χ0n) is 16.9. The molecule has 4 rings (SSSR count). The van der Waals surface area contributed by atoms with Crippen molar-refractivity contribution in [3.63, 3.8) is 0 Å². The van der Waals surface area contributed by atoms with Crippen LogP contribution in [0.4, 0.5) is 5.69 Å². The highest BCUT2D eigenvalue weighted by Crippen LogP contribution is 2.29. The third-order valence-electron chi connectivity index (χ3n) is 5.17. The minimum Gasteiger partial charge on any atom is -0.326 e. The molecule has 0 spiro atoms. The van der Waals surface area contributed by atoms with E-state index in [-0.39, 0.29) is 33.6 Å². The summed E-state index contributed by atoms with van der Waals surface area (Å²) < 4.78 is 53.6. The second kappa shape index (κ2) is 8.81. The van der Waals surface area contributed by atoms with Crippen molar-refractivity contribution in [3.8, 4) is 0 Å². The number of rotatable bonds is 6. The van der Waals surface area contributed by atoms with Crippen molar-refractivity contribution in [1.82, 2.24) is 9.03 Å². The van der Waals surface area contributed by atoms with Crippen molar-refractivity contribution in [1.29, 1.82) is 0 Å². The first kappa shape index (κ1) is 22.7. The third kappa shape index (κ3) is 4.51. The molecule has 2 aromatic carbocycles. The fourth-order valence-electron chi connectivity index (χ4n) is 3.59. The van der Waals surface area contributed by atoms with Crippen molar-refractivity contribution < 1.29 is 21.6 Å². The number of carbonyl (C=O) groups excluding carboxylic acids is 1. The summed E-state index contributed by atoms with van der Waals surface area (Å²) in [6, 6.07) is 10.8. The molecule has 2 aromatic rings. The largest absolute Gasteiger partial charge is 0.326 e. The Bertz CT molecular complexity index is 1300. The number of hydrogen-bond acceptors (Lipinski definition) is 6. The van der Waals surface area contributed by atoms with Crippen LogP contribution in [0.2, 0.25) is 5.02 Å². The first-order valence-corrected chi connectivity index (χ1v) is 13.2. The number of aliphatic imine (C=N–C) groups is 1. The molecule has 2 aliphatic rings. The minimum atomic E-state index is -3.73. The van der Waals surface area contributed by atoms with Crippen molar-refractivity contribution in [2.75, 3.05) is 25.0 Å².